The number of carbonyl (C=O) groups is 1. The molecule has 0 fully saturated rings. The lowest BCUT2D eigenvalue weighted by Gasteiger charge is -2.03. The van der Waals surface area contributed by atoms with Crippen molar-refractivity contribution in [3.05, 3.63) is 50.5 Å². The number of nitrogens with one attached hydrogen (secondary N) is 1. The minimum absolute atomic E-state index is 0.0206. The Bertz CT molecular complexity index is 898. The van der Waals surface area contributed by atoms with E-state index < -0.39 is 10.8 Å². The van der Waals surface area contributed by atoms with Crippen LogP contribution in [-0.4, -0.2) is 25.4 Å². The van der Waals surface area contributed by atoms with Crippen LogP contribution in [0.4, 0.5) is 11.6 Å². The summed E-state index contributed by atoms with van der Waals surface area (Å²) in [4.78, 5) is 27.3. The van der Waals surface area contributed by atoms with Gasteiger partial charge in [-0.05, 0) is 26.0 Å². The lowest BCUT2D eigenvalue weighted by Crippen LogP contribution is -2.13. The molecule has 22 heavy (non-hydrogen) atoms. The molecule has 1 aromatic carbocycles. The molecule has 0 atom stereocenters. The molecule has 0 radical (unpaired) electrons. The van der Waals surface area contributed by atoms with Crippen molar-refractivity contribution in [1.82, 2.24) is 14.6 Å². The number of fused-ring (bicyclic) bond motifs is 1. The molecule has 3 aromatic rings. The molecule has 1 amide bonds. The molecule has 9 heteroatoms. The first-order chi connectivity index (χ1) is 10.5. The highest BCUT2D eigenvalue weighted by Crippen LogP contribution is 2.20. The summed E-state index contributed by atoms with van der Waals surface area (Å²) >= 11 is 1.43. The van der Waals surface area contributed by atoms with Gasteiger partial charge in [-0.25, -0.2) is 4.52 Å². The highest BCUT2D eigenvalue weighted by molar-refractivity contribution is 7.15. The number of aryl methyl sites for hydroxylation is 2. The third-order valence-corrected chi connectivity index (χ3v) is 4.06. The van der Waals surface area contributed by atoms with E-state index in [2.05, 4.69) is 15.4 Å². The molecule has 3 rings (SSSR count). The second-order valence-corrected chi connectivity index (χ2v) is 5.56. The van der Waals surface area contributed by atoms with Gasteiger partial charge in [0.25, 0.3) is 17.5 Å². The maximum absolute atomic E-state index is 12.2. The van der Waals surface area contributed by atoms with Crippen LogP contribution in [-0.2, 0) is 0 Å². The largest absolute Gasteiger partial charge is 0.289 e. The first kappa shape index (κ1) is 14.1. The van der Waals surface area contributed by atoms with E-state index in [0.29, 0.717) is 16.1 Å². The van der Waals surface area contributed by atoms with Crippen LogP contribution in [0.25, 0.3) is 4.96 Å². The fourth-order valence-corrected chi connectivity index (χ4v) is 2.82. The predicted molar refractivity (Wildman–Crippen MR) is 81.4 cm³/mol. The summed E-state index contributed by atoms with van der Waals surface area (Å²) in [6.45, 7) is 3.48. The molecule has 0 aliphatic carbocycles. The van der Waals surface area contributed by atoms with E-state index in [1.165, 1.54) is 29.5 Å². The Balaban J connectivity index is 1.84. The normalized spacial score (nSPS) is 10.8. The van der Waals surface area contributed by atoms with Crippen molar-refractivity contribution >= 4 is 33.8 Å². The number of aromatic nitrogens is 3. The highest BCUT2D eigenvalue weighted by atomic mass is 32.1. The van der Waals surface area contributed by atoms with E-state index in [1.807, 2.05) is 12.3 Å². The number of carbonyl (C=O) groups excluding carboxylic acids is 1. The minimum atomic E-state index is -0.481. The van der Waals surface area contributed by atoms with Gasteiger partial charge in [0.1, 0.15) is 0 Å². The van der Waals surface area contributed by atoms with E-state index in [4.69, 9.17) is 0 Å². The lowest BCUT2D eigenvalue weighted by atomic mass is 10.1. The van der Waals surface area contributed by atoms with Gasteiger partial charge >= 0.3 is 0 Å². The Labute approximate surface area is 128 Å². The number of nitrogens with zero attached hydrogens (tertiary/aromatic N) is 4. The smallest absolute Gasteiger partial charge is 0.272 e. The monoisotopic (exact) mass is 317 g/mol. The molecular weight excluding hydrogens is 306 g/mol. The van der Waals surface area contributed by atoms with Gasteiger partial charge in [-0.15, -0.1) is 16.4 Å². The summed E-state index contributed by atoms with van der Waals surface area (Å²) in [5.74, 6) is -0.204. The number of thiazole rings is 1. The van der Waals surface area contributed by atoms with Crippen molar-refractivity contribution in [3.63, 3.8) is 0 Å². The maximum Gasteiger partial charge on any atom is 0.272 e. The van der Waals surface area contributed by atoms with Gasteiger partial charge in [-0.3, -0.25) is 20.2 Å². The first-order valence-electron chi connectivity index (χ1n) is 6.33. The fraction of sp³-hybridized carbons (Fsp3) is 0.154. The second kappa shape index (κ2) is 5.19. The van der Waals surface area contributed by atoms with E-state index in [0.717, 1.165) is 5.69 Å². The van der Waals surface area contributed by atoms with E-state index >= 15 is 0 Å². The van der Waals surface area contributed by atoms with Crippen molar-refractivity contribution < 1.29 is 9.72 Å². The van der Waals surface area contributed by atoms with Gasteiger partial charge in [0.05, 0.1) is 10.6 Å². The molecule has 0 saturated carbocycles. The number of hydrogen-bond donors (Lipinski definition) is 1. The van der Waals surface area contributed by atoms with Gasteiger partial charge < -0.3 is 0 Å². The number of benzene rings is 1. The van der Waals surface area contributed by atoms with E-state index in [9.17, 15) is 14.9 Å². The average molecular weight is 317 g/mol. The third-order valence-electron chi connectivity index (χ3n) is 3.13. The van der Waals surface area contributed by atoms with Crippen LogP contribution in [0.15, 0.2) is 23.6 Å². The molecule has 2 heterocycles. The Morgan fingerprint density at radius 2 is 2.18 bits per heavy atom. The summed E-state index contributed by atoms with van der Waals surface area (Å²) in [6, 6.07) is 4.19. The van der Waals surface area contributed by atoms with Crippen LogP contribution in [0.5, 0.6) is 0 Å². The fourth-order valence-electron chi connectivity index (χ4n) is 2.02. The van der Waals surface area contributed by atoms with Gasteiger partial charge in [-0.2, -0.15) is 4.98 Å². The predicted octanol–water partition coefficient (Wildman–Crippen LogP) is 2.57. The highest BCUT2D eigenvalue weighted by Gasteiger charge is 2.16. The second-order valence-electron chi connectivity index (χ2n) is 4.72. The molecule has 0 aliphatic heterocycles. The zero-order valence-corrected chi connectivity index (χ0v) is 12.5. The molecule has 8 nitrogen and oxygen atoms in total. The van der Waals surface area contributed by atoms with Crippen LogP contribution >= 0.6 is 11.3 Å². The number of nitro benzene ring substituents is 1. The zero-order chi connectivity index (χ0) is 15.9. The van der Waals surface area contributed by atoms with E-state index in [-0.39, 0.29) is 11.6 Å². The quantitative estimate of drug-likeness (QED) is 0.591. The van der Waals surface area contributed by atoms with Gasteiger partial charge in [0.15, 0.2) is 0 Å². The molecular formula is C13H11N5O3S. The van der Waals surface area contributed by atoms with Gasteiger partial charge in [-0.1, -0.05) is 0 Å². The molecule has 2 aromatic heterocycles. The van der Waals surface area contributed by atoms with Crippen LogP contribution in [0.2, 0.25) is 0 Å². The van der Waals surface area contributed by atoms with Gasteiger partial charge in [0.2, 0.25) is 4.96 Å². The Hall–Kier alpha value is -2.81. The number of anilines is 1. The van der Waals surface area contributed by atoms with Crippen LogP contribution in [0, 0.1) is 24.0 Å². The summed E-state index contributed by atoms with van der Waals surface area (Å²) in [7, 11) is 0. The standard InChI is InChI=1S/C13H11N5O3S/c1-7-5-9(3-4-10(7)18(20)21)11(19)14-12-15-13-17(16-12)8(2)6-22-13/h3-6H,1-2H3,(H,14,16,19). The first-order valence-corrected chi connectivity index (χ1v) is 7.21. The van der Waals surface area contributed by atoms with E-state index in [1.54, 1.807) is 11.4 Å². The Morgan fingerprint density at radius 1 is 1.41 bits per heavy atom. The SMILES string of the molecule is Cc1cc(C(=O)Nc2nc3scc(C)n3n2)ccc1[N+](=O)[O-]. The summed E-state index contributed by atoms with van der Waals surface area (Å²) < 4.78 is 1.64. The number of hydrogen-bond acceptors (Lipinski definition) is 6. The minimum Gasteiger partial charge on any atom is -0.289 e. The molecule has 0 aliphatic rings. The number of amides is 1. The van der Waals surface area contributed by atoms with Gasteiger partial charge in [0, 0.05) is 22.6 Å². The van der Waals surface area contributed by atoms with Crippen molar-refractivity contribution in [3.8, 4) is 0 Å². The van der Waals surface area contributed by atoms with Crippen molar-refractivity contribution in [2.24, 2.45) is 0 Å². The lowest BCUT2D eigenvalue weighted by molar-refractivity contribution is -0.385. The maximum atomic E-state index is 12.2. The molecule has 0 unspecified atom stereocenters. The van der Waals surface area contributed by atoms with Crippen molar-refractivity contribution in [2.45, 2.75) is 13.8 Å². The average Bonchev–Trinajstić information content (AvgIpc) is 3.00. The Morgan fingerprint density at radius 3 is 2.82 bits per heavy atom. The topological polar surface area (TPSA) is 102 Å². The molecule has 0 bridgehead atoms. The molecule has 1 N–H and O–H groups in total. The van der Waals surface area contributed by atoms with Crippen LogP contribution in [0.1, 0.15) is 21.6 Å². The summed E-state index contributed by atoms with van der Waals surface area (Å²) in [6.07, 6.45) is 0. The Kier molecular flexibility index (Phi) is 3.33. The molecule has 0 spiro atoms. The zero-order valence-electron chi connectivity index (χ0n) is 11.7. The van der Waals surface area contributed by atoms with Crippen LogP contribution in [0.3, 0.4) is 0 Å². The molecule has 112 valence electrons. The van der Waals surface area contributed by atoms with Crippen molar-refractivity contribution in [2.75, 3.05) is 5.32 Å². The third kappa shape index (κ3) is 2.42. The summed E-state index contributed by atoms with van der Waals surface area (Å²) in [5, 5.41) is 19.5. The number of nitro groups is 1. The summed E-state index contributed by atoms with van der Waals surface area (Å²) in [5.41, 5.74) is 1.65. The number of rotatable bonds is 3. The molecule has 0 saturated heterocycles. The van der Waals surface area contributed by atoms with Crippen molar-refractivity contribution in [1.29, 1.82) is 0 Å². The van der Waals surface area contributed by atoms with Crippen LogP contribution < -0.4 is 5.32 Å².